The van der Waals surface area contributed by atoms with E-state index in [-0.39, 0.29) is 10.6 Å². The van der Waals surface area contributed by atoms with Crippen LogP contribution in [0.2, 0.25) is 0 Å². The third-order valence-corrected chi connectivity index (χ3v) is 3.55. The summed E-state index contributed by atoms with van der Waals surface area (Å²) in [6.45, 7) is 1.81. The van der Waals surface area contributed by atoms with Crippen molar-refractivity contribution in [3.05, 3.63) is 28.2 Å². The minimum atomic E-state index is -0.168. The summed E-state index contributed by atoms with van der Waals surface area (Å²) in [5.74, 6) is 0.0581. The summed E-state index contributed by atoms with van der Waals surface area (Å²) in [4.78, 5) is 12.2. The molecule has 0 saturated carbocycles. The Hall–Kier alpha value is 0.200. The molecular formula is C9H8Br2OS. The highest BCUT2D eigenvalue weighted by molar-refractivity contribution is 9.10. The van der Waals surface area contributed by atoms with Gasteiger partial charge in [-0.05, 0) is 28.9 Å². The van der Waals surface area contributed by atoms with E-state index in [2.05, 4.69) is 44.5 Å². The minimum absolute atomic E-state index is 0.0581. The largest absolute Gasteiger partial charge is 0.293 e. The van der Waals surface area contributed by atoms with Crippen LogP contribution >= 0.6 is 44.5 Å². The van der Waals surface area contributed by atoms with E-state index in [1.165, 1.54) is 0 Å². The van der Waals surface area contributed by atoms with Gasteiger partial charge in [0.15, 0.2) is 5.78 Å². The Kier molecular flexibility index (Phi) is 4.01. The molecule has 4 heteroatoms. The lowest BCUT2D eigenvalue weighted by Gasteiger charge is -2.06. The van der Waals surface area contributed by atoms with Gasteiger partial charge in [-0.2, -0.15) is 0 Å². The van der Waals surface area contributed by atoms with Crippen molar-refractivity contribution in [2.24, 2.45) is 0 Å². The van der Waals surface area contributed by atoms with Gasteiger partial charge in [0, 0.05) is 14.9 Å². The van der Waals surface area contributed by atoms with E-state index in [0.717, 1.165) is 9.37 Å². The molecule has 0 N–H and O–H groups in total. The number of carbonyl (C=O) groups excluding carboxylic acids is 1. The van der Waals surface area contributed by atoms with Gasteiger partial charge in [0.1, 0.15) is 0 Å². The fraction of sp³-hybridized carbons (Fsp3) is 0.222. The molecule has 0 spiro atoms. The summed E-state index contributed by atoms with van der Waals surface area (Å²) in [6.07, 6.45) is 0. The lowest BCUT2D eigenvalue weighted by Crippen LogP contribution is -2.10. The molecule has 0 amide bonds. The Morgan fingerprint density at radius 3 is 2.69 bits per heavy atom. The van der Waals surface area contributed by atoms with Gasteiger partial charge in [-0.15, -0.1) is 12.6 Å². The van der Waals surface area contributed by atoms with E-state index in [0.29, 0.717) is 5.56 Å². The van der Waals surface area contributed by atoms with Crippen LogP contribution in [0.25, 0.3) is 0 Å². The monoisotopic (exact) mass is 322 g/mol. The first kappa shape index (κ1) is 11.3. The van der Waals surface area contributed by atoms with E-state index in [9.17, 15) is 4.79 Å². The van der Waals surface area contributed by atoms with Gasteiger partial charge in [-0.25, -0.2) is 0 Å². The summed E-state index contributed by atoms with van der Waals surface area (Å²) in [6, 6.07) is 5.43. The van der Waals surface area contributed by atoms with Crippen LogP contribution in [-0.4, -0.2) is 10.6 Å². The van der Waals surface area contributed by atoms with Crippen molar-refractivity contribution in [1.29, 1.82) is 0 Å². The predicted octanol–water partition coefficient (Wildman–Crippen LogP) is 3.70. The minimum Gasteiger partial charge on any atom is -0.293 e. The van der Waals surface area contributed by atoms with E-state index in [1.54, 1.807) is 13.0 Å². The topological polar surface area (TPSA) is 17.1 Å². The number of benzene rings is 1. The molecule has 0 aliphatic carbocycles. The van der Waals surface area contributed by atoms with Crippen LogP contribution in [0.5, 0.6) is 0 Å². The molecule has 0 radical (unpaired) electrons. The maximum absolute atomic E-state index is 11.6. The van der Waals surface area contributed by atoms with Crippen LogP contribution < -0.4 is 0 Å². The van der Waals surface area contributed by atoms with Crippen molar-refractivity contribution in [2.45, 2.75) is 16.6 Å². The number of thiol groups is 1. The average Bonchev–Trinajstić information content (AvgIpc) is 2.08. The first-order valence-corrected chi connectivity index (χ1v) is 5.85. The number of hydrogen-bond donors (Lipinski definition) is 1. The number of alkyl halides is 1. The average molecular weight is 324 g/mol. The fourth-order valence-corrected chi connectivity index (χ4v) is 1.84. The zero-order chi connectivity index (χ0) is 10.0. The SMILES string of the molecule is CC(Br)C(=O)c1cccc(S)c1Br. The molecular weight excluding hydrogens is 316 g/mol. The Bertz CT molecular complexity index is 336. The molecule has 0 fully saturated rings. The van der Waals surface area contributed by atoms with Crippen LogP contribution in [0, 0.1) is 0 Å². The molecule has 1 unspecified atom stereocenters. The number of Topliss-reactive ketones (excluding diaryl/α,β-unsaturated/α-hetero) is 1. The van der Waals surface area contributed by atoms with Gasteiger partial charge in [0.05, 0.1) is 4.83 Å². The molecule has 0 saturated heterocycles. The van der Waals surface area contributed by atoms with Gasteiger partial charge in [-0.3, -0.25) is 4.79 Å². The van der Waals surface area contributed by atoms with Gasteiger partial charge in [0.25, 0.3) is 0 Å². The second-order valence-electron chi connectivity index (χ2n) is 2.62. The molecule has 0 aliphatic rings. The predicted molar refractivity (Wildman–Crippen MR) is 64.1 cm³/mol. The third kappa shape index (κ3) is 2.58. The van der Waals surface area contributed by atoms with E-state index < -0.39 is 0 Å². The van der Waals surface area contributed by atoms with E-state index >= 15 is 0 Å². The molecule has 0 bridgehead atoms. The van der Waals surface area contributed by atoms with Crippen molar-refractivity contribution in [3.63, 3.8) is 0 Å². The Morgan fingerprint density at radius 2 is 2.15 bits per heavy atom. The quantitative estimate of drug-likeness (QED) is 0.499. The zero-order valence-corrected chi connectivity index (χ0v) is 11.0. The molecule has 1 nitrogen and oxygen atoms in total. The number of rotatable bonds is 2. The first-order valence-electron chi connectivity index (χ1n) is 3.69. The van der Waals surface area contributed by atoms with Crippen LogP contribution in [-0.2, 0) is 0 Å². The van der Waals surface area contributed by atoms with Crippen LogP contribution in [0.1, 0.15) is 17.3 Å². The van der Waals surface area contributed by atoms with E-state index in [1.807, 2.05) is 12.1 Å². The maximum atomic E-state index is 11.6. The fourth-order valence-electron chi connectivity index (χ4n) is 0.924. The molecule has 1 rings (SSSR count). The van der Waals surface area contributed by atoms with Crippen molar-refractivity contribution < 1.29 is 4.79 Å². The summed E-state index contributed by atoms with van der Waals surface area (Å²) < 4.78 is 0.759. The number of carbonyl (C=O) groups is 1. The lowest BCUT2D eigenvalue weighted by atomic mass is 10.1. The Morgan fingerprint density at radius 1 is 1.54 bits per heavy atom. The highest BCUT2D eigenvalue weighted by Gasteiger charge is 2.15. The molecule has 70 valence electrons. The lowest BCUT2D eigenvalue weighted by molar-refractivity contribution is 0.0995. The molecule has 13 heavy (non-hydrogen) atoms. The Balaban J connectivity index is 3.15. The van der Waals surface area contributed by atoms with Gasteiger partial charge in [-0.1, -0.05) is 28.1 Å². The first-order chi connectivity index (χ1) is 6.04. The summed E-state index contributed by atoms with van der Waals surface area (Å²) in [7, 11) is 0. The second kappa shape index (κ2) is 4.62. The summed E-state index contributed by atoms with van der Waals surface area (Å²) >= 11 is 10.8. The van der Waals surface area contributed by atoms with Crippen molar-refractivity contribution in [3.8, 4) is 0 Å². The van der Waals surface area contributed by atoms with Crippen LogP contribution in [0.4, 0.5) is 0 Å². The molecule has 0 heterocycles. The number of halogens is 2. The van der Waals surface area contributed by atoms with Crippen molar-refractivity contribution in [1.82, 2.24) is 0 Å². The molecule has 1 atom stereocenters. The molecule has 1 aromatic carbocycles. The zero-order valence-electron chi connectivity index (χ0n) is 6.92. The van der Waals surface area contributed by atoms with E-state index in [4.69, 9.17) is 0 Å². The highest BCUT2D eigenvalue weighted by atomic mass is 79.9. The normalized spacial score (nSPS) is 12.6. The highest BCUT2D eigenvalue weighted by Crippen LogP contribution is 2.26. The number of ketones is 1. The maximum Gasteiger partial charge on any atom is 0.177 e. The second-order valence-corrected chi connectivity index (χ2v) is 5.27. The smallest absolute Gasteiger partial charge is 0.177 e. The number of hydrogen-bond acceptors (Lipinski definition) is 2. The van der Waals surface area contributed by atoms with Crippen molar-refractivity contribution in [2.75, 3.05) is 0 Å². The van der Waals surface area contributed by atoms with Gasteiger partial charge >= 0.3 is 0 Å². The standard InChI is InChI=1S/C9H8Br2OS/c1-5(10)9(12)6-3-2-4-7(13)8(6)11/h2-5,13H,1H3. The Labute approximate surface area is 99.6 Å². The third-order valence-electron chi connectivity index (χ3n) is 1.61. The molecule has 0 aliphatic heterocycles. The molecule has 1 aromatic rings. The van der Waals surface area contributed by atoms with Gasteiger partial charge < -0.3 is 0 Å². The van der Waals surface area contributed by atoms with Crippen molar-refractivity contribution >= 4 is 50.3 Å². The summed E-state index contributed by atoms with van der Waals surface area (Å²) in [5.41, 5.74) is 0.664. The van der Waals surface area contributed by atoms with Gasteiger partial charge in [0.2, 0.25) is 0 Å². The summed E-state index contributed by atoms with van der Waals surface area (Å²) in [5, 5.41) is 0. The molecule has 0 aromatic heterocycles. The van der Waals surface area contributed by atoms with Crippen LogP contribution in [0.3, 0.4) is 0 Å². The van der Waals surface area contributed by atoms with Crippen LogP contribution in [0.15, 0.2) is 27.6 Å².